The summed E-state index contributed by atoms with van der Waals surface area (Å²) in [6.07, 6.45) is 1.81. The number of hydrogen-bond donors (Lipinski definition) is 1. The van der Waals surface area contributed by atoms with Gasteiger partial charge in [0, 0.05) is 23.3 Å². The van der Waals surface area contributed by atoms with Crippen molar-refractivity contribution in [2.24, 2.45) is 0 Å². The third-order valence-electron chi connectivity index (χ3n) is 2.94. The summed E-state index contributed by atoms with van der Waals surface area (Å²) < 4.78 is 1.78. The minimum absolute atomic E-state index is 0.0502. The van der Waals surface area contributed by atoms with E-state index in [4.69, 9.17) is 23.2 Å². The van der Waals surface area contributed by atoms with Gasteiger partial charge < -0.3 is 5.32 Å². The zero-order valence-electron chi connectivity index (χ0n) is 12.2. The van der Waals surface area contributed by atoms with E-state index in [0.717, 1.165) is 23.5 Å². The summed E-state index contributed by atoms with van der Waals surface area (Å²) in [6.45, 7) is 9.04. The van der Waals surface area contributed by atoms with Gasteiger partial charge in [-0.25, -0.2) is 4.68 Å². The van der Waals surface area contributed by atoms with Crippen molar-refractivity contribution in [1.29, 1.82) is 0 Å². The monoisotopic (exact) mass is 311 g/mol. The fraction of sp³-hybridized carbons (Fsp3) is 0.400. The first kappa shape index (κ1) is 15.4. The van der Waals surface area contributed by atoms with Gasteiger partial charge >= 0.3 is 0 Å². The quantitative estimate of drug-likeness (QED) is 0.912. The molecule has 20 heavy (non-hydrogen) atoms. The summed E-state index contributed by atoms with van der Waals surface area (Å²) in [4.78, 5) is 0. The van der Waals surface area contributed by atoms with E-state index in [9.17, 15) is 0 Å². The number of halogens is 2. The molecule has 1 aromatic carbocycles. The highest BCUT2D eigenvalue weighted by Gasteiger charge is 2.13. The van der Waals surface area contributed by atoms with Gasteiger partial charge in [0.25, 0.3) is 0 Å². The van der Waals surface area contributed by atoms with E-state index in [0.29, 0.717) is 10.0 Å². The molecular weight excluding hydrogens is 293 g/mol. The first-order valence-electron chi connectivity index (χ1n) is 6.52. The van der Waals surface area contributed by atoms with Crippen molar-refractivity contribution in [3.63, 3.8) is 0 Å². The molecule has 0 saturated heterocycles. The fourth-order valence-corrected chi connectivity index (χ4v) is 2.12. The number of aryl methyl sites for hydroxylation is 1. The Kier molecular flexibility index (Phi) is 4.43. The molecule has 0 aliphatic heterocycles. The van der Waals surface area contributed by atoms with Crippen LogP contribution >= 0.6 is 23.2 Å². The topological polar surface area (TPSA) is 29.9 Å². The van der Waals surface area contributed by atoms with E-state index in [2.05, 4.69) is 31.2 Å². The van der Waals surface area contributed by atoms with Gasteiger partial charge in [-0.2, -0.15) is 5.10 Å². The molecule has 5 heteroatoms. The van der Waals surface area contributed by atoms with Crippen LogP contribution in [-0.4, -0.2) is 15.3 Å². The van der Waals surface area contributed by atoms with Gasteiger partial charge in [-0.05, 0) is 45.4 Å². The second-order valence-electron chi connectivity index (χ2n) is 5.88. The Morgan fingerprint density at radius 1 is 1.25 bits per heavy atom. The lowest BCUT2D eigenvalue weighted by molar-refractivity contribution is 0.424. The highest BCUT2D eigenvalue weighted by atomic mass is 35.5. The summed E-state index contributed by atoms with van der Waals surface area (Å²) in [7, 11) is 0. The van der Waals surface area contributed by atoms with Crippen LogP contribution in [0.4, 0.5) is 0 Å². The summed E-state index contributed by atoms with van der Waals surface area (Å²) in [6, 6.07) is 5.81. The van der Waals surface area contributed by atoms with Crippen molar-refractivity contribution < 1.29 is 0 Å². The van der Waals surface area contributed by atoms with E-state index in [-0.39, 0.29) is 5.54 Å². The van der Waals surface area contributed by atoms with Crippen LogP contribution in [0.2, 0.25) is 10.0 Å². The SMILES string of the molecule is Cc1nn(-c2cc(Cl)ccc2CNC(C)(C)C)cc1Cl. The molecular formula is C15H19Cl2N3. The van der Waals surface area contributed by atoms with Gasteiger partial charge in [0.2, 0.25) is 0 Å². The molecule has 0 aliphatic rings. The maximum absolute atomic E-state index is 6.11. The van der Waals surface area contributed by atoms with Gasteiger partial charge in [0.05, 0.1) is 16.4 Å². The van der Waals surface area contributed by atoms with E-state index < -0.39 is 0 Å². The Hall–Kier alpha value is -1.03. The standard InChI is InChI=1S/C15H19Cl2N3/c1-10-13(17)9-20(19-10)14-7-12(16)6-5-11(14)8-18-15(2,3)4/h5-7,9,18H,8H2,1-4H3. The van der Waals surface area contributed by atoms with Gasteiger partial charge in [-0.15, -0.1) is 0 Å². The Morgan fingerprint density at radius 3 is 2.50 bits per heavy atom. The average Bonchev–Trinajstić information content (AvgIpc) is 2.67. The third kappa shape index (κ3) is 3.75. The normalized spacial score (nSPS) is 11.9. The van der Waals surface area contributed by atoms with Crippen LogP contribution in [0.5, 0.6) is 0 Å². The van der Waals surface area contributed by atoms with Gasteiger partial charge in [-0.1, -0.05) is 29.3 Å². The summed E-state index contributed by atoms with van der Waals surface area (Å²) >= 11 is 12.2. The molecule has 3 nitrogen and oxygen atoms in total. The Bertz CT molecular complexity index is 593. The molecule has 0 radical (unpaired) electrons. The second kappa shape index (κ2) is 5.76. The van der Waals surface area contributed by atoms with Gasteiger partial charge in [-0.3, -0.25) is 0 Å². The van der Waals surface area contributed by atoms with E-state index >= 15 is 0 Å². The molecule has 108 valence electrons. The number of nitrogens with one attached hydrogen (secondary N) is 1. The smallest absolute Gasteiger partial charge is 0.0819 e. The number of rotatable bonds is 3. The Morgan fingerprint density at radius 2 is 1.95 bits per heavy atom. The second-order valence-corrected chi connectivity index (χ2v) is 6.73. The van der Waals surface area contributed by atoms with Crippen LogP contribution in [0.15, 0.2) is 24.4 Å². The molecule has 0 unspecified atom stereocenters. The average molecular weight is 312 g/mol. The number of benzene rings is 1. The van der Waals surface area contributed by atoms with Crippen molar-refractivity contribution in [3.05, 3.63) is 45.7 Å². The summed E-state index contributed by atoms with van der Waals surface area (Å²) in [5.74, 6) is 0. The molecule has 0 amide bonds. The molecule has 0 atom stereocenters. The molecule has 0 saturated carbocycles. The zero-order chi connectivity index (χ0) is 14.9. The lowest BCUT2D eigenvalue weighted by atomic mass is 10.1. The lowest BCUT2D eigenvalue weighted by Gasteiger charge is -2.21. The molecule has 0 fully saturated rings. The predicted molar refractivity (Wildman–Crippen MR) is 84.9 cm³/mol. The van der Waals surface area contributed by atoms with E-state index in [1.165, 1.54) is 0 Å². The molecule has 2 rings (SSSR count). The van der Waals surface area contributed by atoms with Gasteiger partial charge in [0.15, 0.2) is 0 Å². The fourth-order valence-electron chi connectivity index (χ4n) is 1.82. The lowest BCUT2D eigenvalue weighted by Crippen LogP contribution is -2.35. The van der Waals surface area contributed by atoms with Crippen molar-refractivity contribution >= 4 is 23.2 Å². The molecule has 0 bridgehead atoms. The Labute approximate surface area is 129 Å². The predicted octanol–water partition coefficient (Wildman–Crippen LogP) is 4.38. The van der Waals surface area contributed by atoms with Crippen LogP contribution in [0.3, 0.4) is 0 Å². The minimum atomic E-state index is 0.0502. The van der Waals surface area contributed by atoms with Crippen LogP contribution in [-0.2, 0) is 6.54 Å². The highest BCUT2D eigenvalue weighted by molar-refractivity contribution is 6.31. The summed E-state index contributed by atoms with van der Waals surface area (Å²) in [5.41, 5.74) is 2.93. The van der Waals surface area contributed by atoms with Crippen LogP contribution in [0.25, 0.3) is 5.69 Å². The molecule has 2 aromatic rings. The van der Waals surface area contributed by atoms with Crippen molar-refractivity contribution in [1.82, 2.24) is 15.1 Å². The van der Waals surface area contributed by atoms with Gasteiger partial charge in [0.1, 0.15) is 0 Å². The number of aromatic nitrogens is 2. The first-order valence-corrected chi connectivity index (χ1v) is 7.27. The molecule has 1 aromatic heterocycles. The minimum Gasteiger partial charge on any atom is -0.308 e. The number of nitrogens with zero attached hydrogens (tertiary/aromatic N) is 2. The van der Waals surface area contributed by atoms with E-state index in [1.807, 2.05) is 31.3 Å². The van der Waals surface area contributed by atoms with Crippen molar-refractivity contribution in [2.75, 3.05) is 0 Å². The first-order chi connectivity index (χ1) is 9.26. The zero-order valence-corrected chi connectivity index (χ0v) is 13.7. The number of hydrogen-bond acceptors (Lipinski definition) is 2. The van der Waals surface area contributed by atoms with Crippen molar-refractivity contribution in [3.8, 4) is 5.69 Å². The molecule has 1 N–H and O–H groups in total. The Balaban J connectivity index is 2.38. The largest absolute Gasteiger partial charge is 0.308 e. The van der Waals surface area contributed by atoms with Crippen LogP contribution < -0.4 is 5.32 Å². The molecule has 0 spiro atoms. The molecule has 1 heterocycles. The maximum atomic E-state index is 6.11. The van der Waals surface area contributed by atoms with Crippen LogP contribution in [0, 0.1) is 6.92 Å². The van der Waals surface area contributed by atoms with E-state index in [1.54, 1.807) is 4.68 Å². The van der Waals surface area contributed by atoms with Crippen LogP contribution in [0.1, 0.15) is 32.0 Å². The van der Waals surface area contributed by atoms with Crippen molar-refractivity contribution in [2.45, 2.75) is 39.8 Å². The molecule has 0 aliphatic carbocycles. The highest BCUT2D eigenvalue weighted by Crippen LogP contribution is 2.23. The summed E-state index contributed by atoms with van der Waals surface area (Å²) in [5, 5.41) is 9.23. The third-order valence-corrected chi connectivity index (χ3v) is 3.55. The maximum Gasteiger partial charge on any atom is 0.0819 e.